The van der Waals surface area contributed by atoms with Crippen molar-refractivity contribution in [1.29, 1.82) is 0 Å². The highest BCUT2D eigenvalue weighted by Crippen LogP contribution is 2.06. The summed E-state index contributed by atoms with van der Waals surface area (Å²) in [7, 11) is 0. The molecule has 0 atom stereocenters. The molecule has 4 nitrogen and oxygen atoms in total. The maximum atomic E-state index is 11.2. The Kier molecular flexibility index (Phi) is 4.51. The van der Waals surface area contributed by atoms with Crippen LogP contribution < -0.4 is 0 Å². The average molecular weight is 248 g/mol. The van der Waals surface area contributed by atoms with Gasteiger partial charge in [-0.05, 0) is 48.7 Å². The first-order valence-electron chi connectivity index (χ1n) is 4.03. The molecule has 2 amide bonds. The number of aliphatic imine (C=N–C) groups is 2. The molecule has 0 N–H and O–H groups in total. The maximum Gasteiger partial charge on any atom is 0.285 e. The molecule has 0 bridgehead atoms. The molecule has 6 heteroatoms. The first-order valence-corrected chi connectivity index (χ1v) is 4.85. The number of carbonyl (C=O) groups excluding carboxylic acids is 2. The van der Waals surface area contributed by atoms with Crippen LogP contribution in [-0.2, 0) is 0 Å². The van der Waals surface area contributed by atoms with Gasteiger partial charge in [0.25, 0.3) is 11.8 Å². The first-order chi connectivity index (χ1) is 7.69. The number of rotatable bonds is 2. The Hall–Kier alpha value is -1.84. The van der Waals surface area contributed by atoms with Crippen molar-refractivity contribution in [2.45, 2.75) is 0 Å². The summed E-state index contributed by atoms with van der Waals surface area (Å²) in [5, 5.41) is 3.95. The molecule has 1 rings (SSSR count). The Labute approximate surface area is 102 Å². The average Bonchev–Trinajstić information content (AvgIpc) is 2.30. The highest BCUT2D eigenvalue weighted by molar-refractivity contribution is 7.78. The lowest BCUT2D eigenvalue weighted by atomic mass is 10.1. The van der Waals surface area contributed by atoms with E-state index in [0.29, 0.717) is 11.1 Å². The summed E-state index contributed by atoms with van der Waals surface area (Å²) in [6.45, 7) is 0. The van der Waals surface area contributed by atoms with Gasteiger partial charge in [-0.2, -0.15) is 9.98 Å². The van der Waals surface area contributed by atoms with Gasteiger partial charge < -0.3 is 0 Å². The third kappa shape index (κ3) is 3.08. The van der Waals surface area contributed by atoms with E-state index in [0.717, 1.165) is 0 Å². The van der Waals surface area contributed by atoms with Crippen molar-refractivity contribution in [3.05, 3.63) is 35.4 Å². The standard InChI is InChI=1S/C10H4N2O2S2/c13-9(11-5-15)7-1-2-8(4-3-7)10(14)12-6-16/h1-4H. The molecule has 0 saturated carbocycles. The predicted molar refractivity (Wildman–Crippen MR) is 65.2 cm³/mol. The largest absolute Gasteiger partial charge is 0.285 e. The van der Waals surface area contributed by atoms with E-state index in [1.165, 1.54) is 24.3 Å². The third-order valence-corrected chi connectivity index (χ3v) is 1.86. The van der Waals surface area contributed by atoms with E-state index in [2.05, 4.69) is 34.4 Å². The Bertz CT molecular complexity index is 475. The lowest BCUT2D eigenvalue weighted by Gasteiger charge is -1.95. The first kappa shape index (κ1) is 12.2. The van der Waals surface area contributed by atoms with Crippen LogP contribution in [-0.4, -0.2) is 22.1 Å². The van der Waals surface area contributed by atoms with Gasteiger partial charge in [-0.25, -0.2) is 0 Å². The molecule has 0 aliphatic heterocycles. The molecule has 0 spiro atoms. The molecule has 0 saturated heterocycles. The molecule has 0 aliphatic rings. The molecular formula is C10H4N2O2S2. The van der Waals surface area contributed by atoms with Crippen LogP contribution in [0.1, 0.15) is 20.7 Å². The van der Waals surface area contributed by atoms with Gasteiger partial charge in [0.1, 0.15) is 0 Å². The van der Waals surface area contributed by atoms with Crippen molar-refractivity contribution in [2.75, 3.05) is 0 Å². The van der Waals surface area contributed by atoms with E-state index in [-0.39, 0.29) is 0 Å². The van der Waals surface area contributed by atoms with Crippen LogP contribution in [0.4, 0.5) is 0 Å². The summed E-state index contributed by atoms with van der Waals surface area (Å²) in [6, 6.07) is 5.80. The zero-order chi connectivity index (χ0) is 12.0. The van der Waals surface area contributed by atoms with Crippen molar-refractivity contribution < 1.29 is 9.59 Å². The second-order valence-electron chi connectivity index (χ2n) is 2.59. The number of hydrogen-bond donors (Lipinski definition) is 0. The molecule has 1 aromatic rings. The fourth-order valence-electron chi connectivity index (χ4n) is 0.967. The van der Waals surface area contributed by atoms with Gasteiger partial charge >= 0.3 is 0 Å². The fourth-order valence-corrected chi connectivity index (χ4v) is 1.13. The fraction of sp³-hybridized carbons (Fsp3) is 0. The topological polar surface area (TPSA) is 58.9 Å². The number of hydrogen-bond acceptors (Lipinski definition) is 4. The van der Waals surface area contributed by atoms with E-state index in [1.54, 1.807) is 0 Å². The Morgan fingerprint density at radius 3 is 1.44 bits per heavy atom. The minimum atomic E-state index is -0.507. The van der Waals surface area contributed by atoms with Crippen molar-refractivity contribution >= 4 is 46.6 Å². The minimum absolute atomic E-state index is 0.320. The third-order valence-electron chi connectivity index (χ3n) is 1.67. The van der Waals surface area contributed by atoms with Crippen molar-refractivity contribution in [2.24, 2.45) is 9.98 Å². The van der Waals surface area contributed by atoms with E-state index in [1.807, 2.05) is 10.3 Å². The Morgan fingerprint density at radius 1 is 0.875 bits per heavy atom. The molecule has 0 aliphatic carbocycles. The smallest absolute Gasteiger partial charge is 0.266 e. The Balaban J connectivity index is 2.99. The van der Waals surface area contributed by atoms with Crippen LogP contribution in [0, 0.1) is 0 Å². The van der Waals surface area contributed by atoms with Crippen LogP contribution in [0.3, 0.4) is 0 Å². The number of benzene rings is 1. The summed E-state index contributed by atoms with van der Waals surface area (Å²) in [6.07, 6.45) is 0. The lowest BCUT2D eigenvalue weighted by Crippen LogP contribution is -1.97. The summed E-state index contributed by atoms with van der Waals surface area (Å²) < 4.78 is 0. The van der Waals surface area contributed by atoms with Gasteiger partial charge in [0.15, 0.2) is 0 Å². The molecular weight excluding hydrogens is 244 g/mol. The molecule has 0 radical (unpaired) electrons. The summed E-state index contributed by atoms with van der Waals surface area (Å²) in [4.78, 5) is 29.0. The summed E-state index contributed by atoms with van der Waals surface area (Å²) >= 11 is 8.61. The van der Waals surface area contributed by atoms with Crippen LogP contribution >= 0.6 is 24.4 Å². The van der Waals surface area contributed by atoms with Gasteiger partial charge in [-0.1, -0.05) is 0 Å². The van der Waals surface area contributed by atoms with Crippen LogP contribution in [0.5, 0.6) is 0 Å². The minimum Gasteiger partial charge on any atom is -0.266 e. The number of nitrogens with zero attached hydrogens (tertiary/aromatic N) is 2. The van der Waals surface area contributed by atoms with Crippen LogP contribution in [0.2, 0.25) is 0 Å². The van der Waals surface area contributed by atoms with E-state index < -0.39 is 11.8 Å². The number of carbonyl (C=O) groups is 2. The second kappa shape index (κ2) is 5.90. The number of isothiocyanates is 2. The molecule has 0 fully saturated rings. The van der Waals surface area contributed by atoms with Crippen LogP contribution in [0.25, 0.3) is 0 Å². The predicted octanol–water partition coefficient (Wildman–Crippen LogP) is 2.17. The molecule has 0 aromatic heterocycles. The SMILES string of the molecule is O=C(N=C=S)c1ccc(C(=O)N=C=S)cc1. The molecule has 0 heterocycles. The van der Waals surface area contributed by atoms with Gasteiger partial charge in [0.2, 0.25) is 0 Å². The summed E-state index contributed by atoms with van der Waals surface area (Å²) in [5.41, 5.74) is 0.639. The molecule has 16 heavy (non-hydrogen) atoms. The number of amides is 2. The van der Waals surface area contributed by atoms with Crippen molar-refractivity contribution in [3.8, 4) is 0 Å². The zero-order valence-corrected chi connectivity index (χ0v) is 9.47. The molecule has 1 aromatic carbocycles. The highest BCUT2D eigenvalue weighted by atomic mass is 32.1. The zero-order valence-electron chi connectivity index (χ0n) is 7.84. The highest BCUT2D eigenvalue weighted by Gasteiger charge is 2.06. The van der Waals surface area contributed by atoms with Crippen LogP contribution in [0.15, 0.2) is 34.3 Å². The Morgan fingerprint density at radius 2 is 1.19 bits per heavy atom. The lowest BCUT2D eigenvalue weighted by molar-refractivity contribution is 0.0992. The molecule has 78 valence electrons. The van der Waals surface area contributed by atoms with Gasteiger partial charge in [0, 0.05) is 11.1 Å². The number of thiocarbonyl (C=S) groups is 2. The van der Waals surface area contributed by atoms with Gasteiger partial charge in [0.05, 0.1) is 10.3 Å². The van der Waals surface area contributed by atoms with E-state index in [4.69, 9.17) is 0 Å². The van der Waals surface area contributed by atoms with Crippen molar-refractivity contribution in [1.82, 2.24) is 0 Å². The van der Waals surface area contributed by atoms with E-state index >= 15 is 0 Å². The van der Waals surface area contributed by atoms with Gasteiger partial charge in [-0.15, -0.1) is 0 Å². The molecule has 0 unspecified atom stereocenters. The van der Waals surface area contributed by atoms with E-state index in [9.17, 15) is 9.59 Å². The van der Waals surface area contributed by atoms with Gasteiger partial charge in [-0.3, -0.25) is 9.59 Å². The monoisotopic (exact) mass is 248 g/mol. The second-order valence-corrected chi connectivity index (χ2v) is 2.96. The quantitative estimate of drug-likeness (QED) is 0.594. The van der Waals surface area contributed by atoms with Crippen molar-refractivity contribution in [3.63, 3.8) is 0 Å². The normalized spacial score (nSPS) is 8.50. The summed E-state index contributed by atoms with van der Waals surface area (Å²) in [5.74, 6) is -1.01. The maximum absolute atomic E-state index is 11.2.